The molecule has 100 valence electrons. The molecule has 1 nitrogen and oxygen atoms in total. The molecule has 2 atom stereocenters. The Labute approximate surface area is 117 Å². The van der Waals surface area contributed by atoms with Gasteiger partial charge in [0.05, 0.1) is 12.7 Å². The maximum atomic E-state index is 13.6. The first-order valence-corrected chi connectivity index (χ1v) is 6.89. The summed E-state index contributed by atoms with van der Waals surface area (Å²) < 4.78 is 19.6. The average molecular weight is 266 g/mol. The Morgan fingerprint density at radius 2 is 1.85 bits per heavy atom. The highest BCUT2D eigenvalue weighted by molar-refractivity contribution is 5.48. The van der Waals surface area contributed by atoms with Crippen molar-refractivity contribution in [1.82, 2.24) is 0 Å². The summed E-state index contributed by atoms with van der Waals surface area (Å²) in [6.07, 6.45) is 0.729. The molecule has 1 aliphatic heterocycles. The van der Waals surface area contributed by atoms with Crippen molar-refractivity contribution < 1.29 is 9.13 Å². The largest absolute Gasteiger partial charge is 0.368 e. The molecule has 0 spiro atoms. The van der Waals surface area contributed by atoms with E-state index in [0.717, 1.165) is 23.1 Å². The van der Waals surface area contributed by atoms with Gasteiger partial charge in [-0.25, -0.2) is 4.39 Å². The molecule has 0 aromatic heterocycles. The molecule has 20 heavy (non-hydrogen) atoms. The van der Waals surface area contributed by atoms with Gasteiger partial charge in [-0.3, -0.25) is 0 Å². The minimum Gasteiger partial charge on any atom is -0.368 e. The lowest BCUT2D eigenvalue weighted by molar-refractivity contribution is 0.105. The zero-order chi connectivity index (χ0) is 13.7. The third-order valence-electron chi connectivity index (χ3n) is 4.38. The van der Waals surface area contributed by atoms with Crippen LogP contribution in [0.1, 0.15) is 34.3 Å². The maximum absolute atomic E-state index is 13.6. The second-order valence-electron chi connectivity index (χ2n) is 5.59. The normalized spacial score (nSPS) is 23.8. The van der Waals surface area contributed by atoms with Gasteiger partial charge >= 0.3 is 0 Å². The molecule has 2 aromatic rings. The molecule has 0 unspecified atom stereocenters. The van der Waals surface area contributed by atoms with E-state index in [9.17, 15) is 4.39 Å². The number of ether oxygens (including phenoxy) is 1. The summed E-state index contributed by atoms with van der Waals surface area (Å²) in [5.74, 6) is -0.0520. The van der Waals surface area contributed by atoms with Crippen LogP contribution in [0.4, 0.5) is 4.39 Å². The van der Waals surface area contributed by atoms with Crippen LogP contribution >= 0.6 is 0 Å². The van der Waals surface area contributed by atoms with Crippen molar-refractivity contribution in [2.75, 3.05) is 6.61 Å². The Kier molecular flexibility index (Phi) is 2.54. The van der Waals surface area contributed by atoms with E-state index >= 15 is 0 Å². The number of benzene rings is 2. The van der Waals surface area contributed by atoms with Crippen LogP contribution < -0.4 is 0 Å². The van der Waals surface area contributed by atoms with Gasteiger partial charge in [0.15, 0.2) is 0 Å². The number of halogens is 1. The molecule has 0 bridgehead atoms. The zero-order valence-corrected chi connectivity index (χ0v) is 11.1. The van der Waals surface area contributed by atoms with Gasteiger partial charge in [-0.05, 0) is 46.4 Å². The summed E-state index contributed by atoms with van der Waals surface area (Å²) in [6.45, 7) is 4.71. The van der Waals surface area contributed by atoms with Gasteiger partial charge in [0.25, 0.3) is 0 Å². The van der Waals surface area contributed by atoms with E-state index in [0.29, 0.717) is 6.61 Å². The number of hydrogen-bond donors (Lipinski definition) is 0. The third-order valence-corrected chi connectivity index (χ3v) is 4.38. The molecule has 2 aromatic carbocycles. The van der Waals surface area contributed by atoms with Gasteiger partial charge in [-0.1, -0.05) is 36.9 Å². The summed E-state index contributed by atoms with van der Waals surface area (Å²) in [5, 5.41) is 0. The zero-order valence-electron chi connectivity index (χ0n) is 11.1. The molecule has 1 fully saturated rings. The number of hydrogen-bond acceptors (Lipinski definition) is 1. The van der Waals surface area contributed by atoms with Crippen LogP contribution in [0.15, 0.2) is 54.6 Å². The Bertz CT molecular complexity index is 704. The van der Waals surface area contributed by atoms with Crippen molar-refractivity contribution in [1.29, 1.82) is 0 Å². The van der Waals surface area contributed by atoms with Crippen molar-refractivity contribution in [2.24, 2.45) is 0 Å². The van der Waals surface area contributed by atoms with E-state index in [4.69, 9.17) is 4.74 Å². The minimum atomic E-state index is -0.199. The predicted molar refractivity (Wildman–Crippen MR) is 76.2 cm³/mol. The first kappa shape index (κ1) is 11.9. The molecule has 1 heterocycles. The summed E-state index contributed by atoms with van der Waals surface area (Å²) in [4.78, 5) is 0. The maximum Gasteiger partial charge on any atom is 0.123 e. The topological polar surface area (TPSA) is 9.23 Å². The lowest BCUT2D eigenvalue weighted by atomic mass is 9.86. The third kappa shape index (κ3) is 1.65. The van der Waals surface area contributed by atoms with Gasteiger partial charge < -0.3 is 4.74 Å². The van der Waals surface area contributed by atoms with Crippen LogP contribution in [0, 0.1) is 5.82 Å². The molecular formula is C18H15FO. The molecule has 0 radical (unpaired) electrons. The Morgan fingerprint density at radius 1 is 1.05 bits per heavy atom. The molecule has 4 rings (SSSR count). The van der Waals surface area contributed by atoms with Gasteiger partial charge in [0.2, 0.25) is 0 Å². The minimum absolute atomic E-state index is 0.100. The fraction of sp³-hybridized carbons (Fsp3) is 0.222. The lowest BCUT2D eigenvalue weighted by Crippen LogP contribution is -2.07. The summed E-state index contributed by atoms with van der Waals surface area (Å²) in [5.41, 5.74) is 5.78. The van der Waals surface area contributed by atoms with Crippen LogP contribution in [-0.4, -0.2) is 6.61 Å². The quantitative estimate of drug-likeness (QED) is 0.651. The van der Waals surface area contributed by atoms with Crippen LogP contribution in [0.2, 0.25) is 0 Å². The molecule has 2 aliphatic rings. The van der Waals surface area contributed by atoms with Crippen molar-refractivity contribution in [3.63, 3.8) is 0 Å². The fourth-order valence-corrected chi connectivity index (χ4v) is 3.44. The molecule has 1 saturated heterocycles. The highest BCUT2D eigenvalue weighted by Gasteiger charge is 2.38. The first-order chi connectivity index (χ1) is 9.74. The number of fused-ring (bicyclic) bond motifs is 5. The fourth-order valence-electron chi connectivity index (χ4n) is 3.44. The summed E-state index contributed by atoms with van der Waals surface area (Å²) >= 11 is 0. The first-order valence-electron chi connectivity index (χ1n) is 6.89. The standard InChI is InChI=1S/C18H15FO/c1-11-10-20-18-16-9-14(19)7-6-13(16)8-12-4-2-3-5-15(12)17(11)18/h2-7,9,17-18H,1,8,10H2/t17-,18-/m1/s1. The lowest BCUT2D eigenvalue weighted by Gasteiger charge is -2.19. The molecular weight excluding hydrogens is 251 g/mol. The Balaban J connectivity index is 1.98. The van der Waals surface area contributed by atoms with E-state index in [2.05, 4.69) is 30.8 Å². The average Bonchev–Trinajstić information content (AvgIpc) is 2.76. The van der Waals surface area contributed by atoms with Crippen LogP contribution in [-0.2, 0) is 11.2 Å². The Morgan fingerprint density at radius 3 is 2.75 bits per heavy atom. The van der Waals surface area contributed by atoms with E-state index in [1.54, 1.807) is 6.07 Å². The van der Waals surface area contributed by atoms with Crippen molar-refractivity contribution in [3.05, 3.63) is 82.7 Å². The molecule has 1 aliphatic carbocycles. The second-order valence-corrected chi connectivity index (χ2v) is 5.59. The molecule has 2 heteroatoms. The monoisotopic (exact) mass is 266 g/mol. The van der Waals surface area contributed by atoms with Gasteiger partial charge in [0.1, 0.15) is 5.82 Å². The van der Waals surface area contributed by atoms with Crippen molar-refractivity contribution >= 4 is 0 Å². The molecule has 0 amide bonds. The van der Waals surface area contributed by atoms with Gasteiger partial charge in [-0.2, -0.15) is 0 Å². The highest BCUT2D eigenvalue weighted by Crippen LogP contribution is 2.48. The van der Waals surface area contributed by atoms with Crippen LogP contribution in [0.25, 0.3) is 0 Å². The van der Waals surface area contributed by atoms with E-state index in [1.807, 2.05) is 6.07 Å². The van der Waals surface area contributed by atoms with E-state index in [1.165, 1.54) is 17.2 Å². The van der Waals surface area contributed by atoms with Crippen molar-refractivity contribution in [2.45, 2.75) is 18.4 Å². The second kappa shape index (κ2) is 4.29. The Hall–Kier alpha value is -1.93. The van der Waals surface area contributed by atoms with Crippen LogP contribution in [0.3, 0.4) is 0 Å². The predicted octanol–water partition coefficient (Wildman–Crippen LogP) is 4.14. The molecule has 0 saturated carbocycles. The van der Waals surface area contributed by atoms with E-state index < -0.39 is 0 Å². The smallest absolute Gasteiger partial charge is 0.123 e. The summed E-state index contributed by atoms with van der Waals surface area (Å²) in [7, 11) is 0. The van der Waals surface area contributed by atoms with Gasteiger partial charge in [-0.15, -0.1) is 0 Å². The van der Waals surface area contributed by atoms with Gasteiger partial charge in [0, 0.05) is 5.92 Å². The number of rotatable bonds is 0. The molecule has 0 N–H and O–H groups in total. The SMILES string of the molecule is C=C1CO[C@@H]2c3cc(F)ccc3Cc3ccccc3[C@@H]12. The van der Waals surface area contributed by atoms with E-state index in [-0.39, 0.29) is 17.8 Å². The van der Waals surface area contributed by atoms with Crippen molar-refractivity contribution in [3.8, 4) is 0 Å². The highest BCUT2D eigenvalue weighted by atomic mass is 19.1. The summed E-state index contributed by atoms with van der Waals surface area (Å²) in [6, 6.07) is 13.4. The van der Waals surface area contributed by atoms with Crippen LogP contribution in [0.5, 0.6) is 0 Å².